The SMILES string of the molecule is O=C(NC1CCCCC1)c1ccc2[nH]c(=O)oc2c1. The van der Waals surface area contributed by atoms with Gasteiger partial charge in [-0.2, -0.15) is 0 Å². The number of amides is 1. The molecule has 1 amide bonds. The Kier molecular flexibility index (Phi) is 3.11. The topological polar surface area (TPSA) is 75.1 Å². The van der Waals surface area contributed by atoms with E-state index in [1.807, 2.05) is 0 Å². The van der Waals surface area contributed by atoms with E-state index in [9.17, 15) is 9.59 Å². The maximum atomic E-state index is 12.1. The van der Waals surface area contributed by atoms with Gasteiger partial charge in [0.25, 0.3) is 5.91 Å². The van der Waals surface area contributed by atoms with Crippen molar-refractivity contribution >= 4 is 17.0 Å². The molecule has 1 fully saturated rings. The molecule has 2 N–H and O–H groups in total. The highest BCUT2D eigenvalue weighted by Gasteiger charge is 2.17. The van der Waals surface area contributed by atoms with Crippen LogP contribution in [-0.4, -0.2) is 16.9 Å². The van der Waals surface area contributed by atoms with E-state index < -0.39 is 5.76 Å². The van der Waals surface area contributed by atoms with E-state index in [4.69, 9.17) is 4.42 Å². The Morgan fingerprint density at radius 3 is 2.84 bits per heavy atom. The van der Waals surface area contributed by atoms with Crippen LogP contribution in [0, 0.1) is 0 Å². The fourth-order valence-corrected chi connectivity index (χ4v) is 2.60. The lowest BCUT2D eigenvalue weighted by Gasteiger charge is -2.22. The molecule has 1 aromatic heterocycles. The normalized spacial score (nSPS) is 16.6. The minimum atomic E-state index is -0.500. The van der Waals surface area contributed by atoms with E-state index in [2.05, 4.69) is 10.3 Å². The van der Waals surface area contributed by atoms with Crippen LogP contribution in [0.1, 0.15) is 42.5 Å². The fraction of sp³-hybridized carbons (Fsp3) is 0.429. The second-order valence-electron chi connectivity index (χ2n) is 5.03. The summed E-state index contributed by atoms with van der Waals surface area (Å²) in [6.45, 7) is 0. The molecule has 1 aliphatic carbocycles. The summed E-state index contributed by atoms with van der Waals surface area (Å²) in [5.74, 6) is -0.600. The molecule has 1 aromatic carbocycles. The number of aromatic nitrogens is 1. The molecule has 1 heterocycles. The molecule has 100 valence electrons. The number of nitrogens with one attached hydrogen (secondary N) is 2. The van der Waals surface area contributed by atoms with E-state index in [-0.39, 0.29) is 11.9 Å². The van der Waals surface area contributed by atoms with Crippen molar-refractivity contribution in [3.05, 3.63) is 34.3 Å². The van der Waals surface area contributed by atoms with Gasteiger partial charge in [0, 0.05) is 11.6 Å². The zero-order valence-electron chi connectivity index (χ0n) is 10.6. The minimum Gasteiger partial charge on any atom is -0.408 e. The molecule has 0 aliphatic heterocycles. The van der Waals surface area contributed by atoms with Crippen molar-refractivity contribution < 1.29 is 9.21 Å². The third-order valence-corrected chi connectivity index (χ3v) is 3.62. The molecule has 0 bridgehead atoms. The number of oxazole rings is 1. The molecule has 1 aliphatic rings. The van der Waals surface area contributed by atoms with Crippen molar-refractivity contribution in [2.24, 2.45) is 0 Å². The van der Waals surface area contributed by atoms with E-state index >= 15 is 0 Å². The van der Waals surface area contributed by atoms with E-state index in [1.54, 1.807) is 18.2 Å². The maximum Gasteiger partial charge on any atom is 0.417 e. The van der Waals surface area contributed by atoms with Gasteiger partial charge >= 0.3 is 5.76 Å². The monoisotopic (exact) mass is 260 g/mol. The third-order valence-electron chi connectivity index (χ3n) is 3.62. The highest BCUT2D eigenvalue weighted by atomic mass is 16.4. The molecule has 5 nitrogen and oxygen atoms in total. The van der Waals surface area contributed by atoms with Crippen LogP contribution < -0.4 is 11.1 Å². The average Bonchev–Trinajstić information content (AvgIpc) is 2.78. The highest BCUT2D eigenvalue weighted by Crippen LogP contribution is 2.18. The van der Waals surface area contributed by atoms with Gasteiger partial charge < -0.3 is 9.73 Å². The molecule has 5 heteroatoms. The molecule has 19 heavy (non-hydrogen) atoms. The summed E-state index contributed by atoms with van der Waals surface area (Å²) < 4.78 is 4.96. The summed E-state index contributed by atoms with van der Waals surface area (Å²) >= 11 is 0. The van der Waals surface area contributed by atoms with Gasteiger partial charge in [-0.15, -0.1) is 0 Å². The molecule has 1 saturated carbocycles. The molecule has 2 aromatic rings. The molecule has 0 unspecified atom stereocenters. The predicted octanol–water partition coefficient (Wildman–Crippen LogP) is 2.18. The standard InChI is InChI=1S/C14H16N2O3/c17-13(15-10-4-2-1-3-5-10)9-6-7-11-12(8-9)19-14(18)16-11/h6-8,10H,1-5H2,(H,15,17)(H,16,18). The summed E-state index contributed by atoms with van der Waals surface area (Å²) in [6.07, 6.45) is 5.71. The number of fused-ring (bicyclic) bond motifs is 1. The lowest BCUT2D eigenvalue weighted by Crippen LogP contribution is -2.36. The quantitative estimate of drug-likeness (QED) is 0.869. The van der Waals surface area contributed by atoms with Crippen LogP contribution in [0.2, 0.25) is 0 Å². The molecule has 3 rings (SSSR count). The Bertz CT molecular complexity index is 650. The van der Waals surface area contributed by atoms with Gasteiger partial charge in [-0.1, -0.05) is 19.3 Å². The lowest BCUT2D eigenvalue weighted by molar-refractivity contribution is 0.0927. The van der Waals surface area contributed by atoms with Crippen molar-refractivity contribution in [3.8, 4) is 0 Å². The number of hydrogen-bond acceptors (Lipinski definition) is 3. The largest absolute Gasteiger partial charge is 0.417 e. The molecular formula is C14H16N2O3. The van der Waals surface area contributed by atoms with Gasteiger partial charge in [-0.05, 0) is 31.0 Å². The smallest absolute Gasteiger partial charge is 0.408 e. The number of benzene rings is 1. The molecule has 0 spiro atoms. The number of hydrogen-bond donors (Lipinski definition) is 2. The lowest BCUT2D eigenvalue weighted by atomic mass is 9.95. The summed E-state index contributed by atoms with van der Waals surface area (Å²) in [6, 6.07) is 5.27. The number of carbonyl (C=O) groups is 1. The van der Waals surface area contributed by atoms with Crippen molar-refractivity contribution in [2.45, 2.75) is 38.1 Å². The van der Waals surface area contributed by atoms with Crippen molar-refractivity contribution in [3.63, 3.8) is 0 Å². The number of rotatable bonds is 2. The summed E-state index contributed by atoms with van der Waals surface area (Å²) in [5, 5.41) is 3.04. The Labute approximate surface area is 110 Å². The number of carbonyl (C=O) groups excluding carboxylic acids is 1. The first-order valence-corrected chi connectivity index (χ1v) is 6.66. The van der Waals surface area contributed by atoms with Crippen LogP contribution in [0.5, 0.6) is 0 Å². The average molecular weight is 260 g/mol. The van der Waals surface area contributed by atoms with Crippen LogP contribution >= 0.6 is 0 Å². The Balaban J connectivity index is 1.78. The van der Waals surface area contributed by atoms with Gasteiger partial charge in [-0.3, -0.25) is 9.78 Å². The summed E-state index contributed by atoms with van der Waals surface area (Å²) in [5.41, 5.74) is 1.56. The van der Waals surface area contributed by atoms with Gasteiger partial charge in [0.2, 0.25) is 0 Å². The molecule has 0 atom stereocenters. The Hall–Kier alpha value is -2.04. The zero-order valence-corrected chi connectivity index (χ0v) is 10.6. The van der Waals surface area contributed by atoms with Crippen LogP contribution in [-0.2, 0) is 0 Å². The summed E-state index contributed by atoms with van der Waals surface area (Å²) in [4.78, 5) is 25.7. The molecule has 0 saturated heterocycles. The van der Waals surface area contributed by atoms with Gasteiger partial charge in [0.15, 0.2) is 5.58 Å². The molecular weight excluding hydrogens is 244 g/mol. The summed E-state index contributed by atoms with van der Waals surface area (Å²) in [7, 11) is 0. The minimum absolute atomic E-state index is 0.0994. The third kappa shape index (κ3) is 2.54. The van der Waals surface area contributed by atoms with Crippen molar-refractivity contribution in [1.29, 1.82) is 0 Å². The van der Waals surface area contributed by atoms with Crippen LogP contribution in [0.4, 0.5) is 0 Å². The van der Waals surface area contributed by atoms with E-state index in [1.165, 1.54) is 19.3 Å². The van der Waals surface area contributed by atoms with Crippen LogP contribution in [0.15, 0.2) is 27.4 Å². The van der Waals surface area contributed by atoms with Gasteiger partial charge in [-0.25, -0.2) is 4.79 Å². The Morgan fingerprint density at radius 2 is 2.05 bits per heavy atom. The van der Waals surface area contributed by atoms with E-state index in [0.717, 1.165) is 12.8 Å². The molecule has 0 radical (unpaired) electrons. The van der Waals surface area contributed by atoms with Gasteiger partial charge in [0.05, 0.1) is 5.52 Å². The second kappa shape index (κ2) is 4.91. The zero-order chi connectivity index (χ0) is 13.2. The van der Waals surface area contributed by atoms with E-state index in [0.29, 0.717) is 16.7 Å². The first-order chi connectivity index (χ1) is 9.22. The first-order valence-electron chi connectivity index (χ1n) is 6.66. The predicted molar refractivity (Wildman–Crippen MR) is 71.2 cm³/mol. The second-order valence-corrected chi connectivity index (χ2v) is 5.03. The maximum absolute atomic E-state index is 12.1. The van der Waals surface area contributed by atoms with Crippen molar-refractivity contribution in [1.82, 2.24) is 10.3 Å². The number of aromatic amines is 1. The van der Waals surface area contributed by atoms with Crippen molar-refractivity contribution in [2.75, 3.05) is 0 Å². The Morgan fingerprint density at radius 1 is 1.26 bits per heavy atom. The fourth-order valence-electron chi connectivity index (χ4n) is 2.60. The van der Waals surface area contributed by atoms with Crippen LogP contribution in [0.25, 0.3) is 11.1 Å². The van der Waals surface area contributed by atoms with Crippen LogP contribution in [0.3, 0.4) is 0 Å². The van der Waals surface area contributed by atoms with Gasteiger partial charge in [0.1, 0.15) is 0 Å². The first kappa shape index (κ1) is 12.0. The number of H-pyrrole nitrogens is 1. The highest BCUT2D eigenvalue weighted by molar-refractivity contribution is 5.97.